The zero-order valence-corrected chi connectivity index (χ0v) is 12.9. The Morgan fingerprint density at radius 3 is 2.52 bits per heavy atom. The van der Waals surface area contributed by atoms with Gasteiger partial charge in [-0.1, -0.05) is 0 Å². The molecule has 0 aliphatic carbocycles. The summed E-state index contributed by atoms with van der Waals surface area (Å²) in [5.74, 6) is -0.198. The minimum absolute atomic E-state index is 0.0709. The summed E-state index contributed by atoms with van der Waals surface area (Å²) >= 11 is 0. The molecular formula is C14H20N2O4S. The summed E-state index contributed by atoms with van der Waals surface area (Å²) in [6.45, 7) is 3.89. The van der Waals surface area contributed by atoms with Gasteiger partial charge in [-0.3, -0.25) is 4.79 Å². The van der Waals surface area contributed by atoms with Crippen molar-refractivity contribution in [3.63, 3.8) is 0 Å². The molecule has 1 aromatic carbocycles. The van der Waals surface area contributed by atoms with Crippen LogP contribution in [-0.4, -0.2) is 33.1 Å². The number of amides is 1. The molecule has 0 bridgehead atoms. The SMILES string of the molecule is CC(=O)Nc1ccc(S(=O)(=O)N[C@@H](C)[C@@H]2CCCO2)cc1. The van der Waals surface area contributed by atoms with Crippen molar-refractivity contribution in [1.29, 1.82) is 0 Å². The number of rotatable bonds is 5. The lowest BCUT2D eigenvalue weighted by Crippen LogP contribution is -2.40. The Labute approximate surface area is 124 Å². The van der Waals surface area contributed by atoms with E-state index in [9.17, 15) is 13.2 Å². The molecule has 2 rings (SSSR count). The molecule has 1 saturated heterocycles. The van der Waals surface area contributed by atoms with Gasteiger partial charge in [0.25, 0.3) is 0 Å². The van der Waals surface area contributed by atoms with E-state index in [2.05, 4.69) is 10.0 Å². The fourth-order valence-corrected chi connectivity index (χ4v) is 3.58. The number of anilines is 1. The number of hydrogen-bond acceptors (Lipinski definition) is 4. The van der Waals surface area contributed by atoms with Crippen LogP contribution in [0.15, 0.2) is 29.2 Å². The van der Waals surface area contributed by atoms with Crippen LogP contribution in [0.5, 0.6) is 0 Å². The van der Waals surface area contributed by atoms with Crippen molar-refractivity contribution < 1.29 is 17.9 Å². The third-order valence-corrected chi connectivity index (χ3v) is 4.92. The first kappa shape index (κ1) is 15.9. The van der Waals surface area contributed by atoms with E-state index in [4.69, 9.17) is 4.74 Å². The van der Waals surface area contributed by atoms with Gasteiger partial charge < -0.3 is 10.1 Å². The Hall–Kier alpha value is -1.44. The van der Waals surface area contributed by atoms with Crippen LogP contribution in [0.4, 0.5) is 5.69 Å². The van der Waals surface area contributed by atoms with Crippen molar-refractivity contribution >= 4 is 21.6 Å². The van der Waals surface area contributed by atoms with Crippen molar-refractivity contribution in [3.05, 3.63) is 24.3 Å². The molecule has 2 atom stereocenters. The number of sulfonamides is 1. The quantitative estimate of drug-likeness (QED) is 0.863. The molecule has 0 radical (unpaired) electrons. The van der Waals surface area contributed by atoms with Crippen molar-refractivity contribution in [3.8, 4) is 0 Å². The second-order valence-corrected chi connectivity index (χ2v) is 6.88. The Morgan fingerprint density at radius 2 is 2.00 bits per heavy atom. The fraction of sp³-hybridized carbons (Fsp3) is 0.500. The molecule has 1 heterocycles. The van der Waals surface area contributed by atoms with Crippen molar-refractivity contribution in [1.82, 2.24) is 4.72 Å². The summed E-state index contributed by atoms with van der Waals surface area (Å²) in [5, 5.41) is 2.59. The molecule has 0 unspecified atom stereocenters. The molecule has 116 valence electrons. The van der Waals surface area contributed by atoms with E-state index in [0.29, 0.717) is 12.3 Å². The molecule has 1 amide bonds. The number of benzene rings is 1. The van der Waals surface area contributed by atoms with Crippen LogP contribution in [0, 0.1) is 0 Å². The minimum atomic E-state index is -3.58. The van der Waals surface area contributed by atoms with Gasteiger partial charge in [-0.05, 0) is 44.0 Å². The van der Waals surface area contributed by atoms with Crippen LogP contribution in [0.25, 0.3) is 0 Å². The Bertz CT molecular complexity index is 592. The highest BCUT2D eigenvalue weighted by atomic mass is 32.2. The molecule has 0 saturated carbocycles. The van der Waals surface area contributed by atoms with E-state index in [1.807, 2.05) is 0 Å². The van der Waals surface area contributed by atoms with Crippen LogP contribution in [0.2, 0.25) is 0 Å². The summed E-state index contributed by atoms with van der Waals surface area (Å²) in [6.07, 6.45) is 1.76. The van der Waals surface area contributed by atoms with Crippen LogP contribution >= 0.6 is 0 Å². The molecule has 0 spiro atoms. The fourth-order valence-electron chi connectivity index (χ4n) is 2.31. The Kier molecular flexibility index (Phi) is 4.97. The number of ether oxygens (including phenoxy) is 1. The molecule has 1 aliphatic rings. The molecule has 1 aliphatic heterocycles. The van der Waals surface area contributed by atoms with E-state index < -0.39 is 10.0 Å². The van der Waals surface area contributed by atoms with Crippen LogP contribution in [0.1, 0.15) is 26.7 Å². The molecule has 0 aromatic heterocycles. The van der Waals surface area contributed by atoms with Crippen molar-refractivity contribution in [2.45, 2.75) is 43.7 Å². The van der Waals surface area contributed by atoms with E-state index >= 15 is 0 Å². The zero-order chi connectivity index (χ0) is 15.5. The number of carbonyl (C=O) groups excluding carboxylic acids is 1. The van der Waals surface area contributed by atoms with Gasteiger partial charge in [0.1, 0.15) is 0 Å². The normalized spacial score (nSPS) is 20.2. The molecule has 2 N–H and O–H groups in total. The average Bonchev–Trinajstić information content (AvgIpc) is 2.92. The number of carbonyl (C=O) groups is 1. The molecule has 6 nitrogen and oxygen atoms in total. The lowest BCUT2D eigenvalue weighted by Gasteiger charge is -2.20. The monoisotopic (exact) mass is 312 g/mol. The van der Waals surface area contributed by atoms with Gasteiger partial charge in [0.2, 0.25) is 15.9 Å². The predicted molar refractivity (Wildman–Crippen MR) is 79.5 cm³/mol. The zero-order valence-electron chi connectivity index (χ0n) is 12.1. The van der Waals surface area contributed by atoms with Gasteiger partial charge in [-0.2, -0.15) is 0 Å². The highest BCUT2D eigenvalue weighted by molar-refractivity contribution is 7.89. The summed E-state index contributed by atoms with van der Waals surface area (Å²) in [6, 6.07) is 5.79. The summed E-state index contributed by atoms with van der Waals surface area (Å²) in [5.41, 5.74) is 0.564. The third kappa shape index (κ3) is 4.26. The first-order valence-electron chi connectivity index (χ1n) is 6.90. The maximum atomic E-state index is 12.3. The summed E-state index contributed by atoms with van der Waals surface area (Å²) < 4.78 is 32.7. The van der Waals surface area contributed by atoms with Gasteiger partial charge >= 0.3 is 0 Å². The third-order valence-electron chi connectivity index (χ3n) is 3.35. The Morgan fingerprint density at radius 1 is 1.33 bits per heavy atom. The van der Waals surface area contributed by atoms with Gasteiger partial charge in [-0.25, -0.2) is 13.1 Å². The van der Waals surface area contributed by atoms with Crippen molar-refractivity contribution in [2.75, 3.05) is 11.9 Å². The van der Waals surface area contributed by atoms with Gasteiger partial charge in [-0.15, -0.1) is 0 Å². The molecule has 7 heteroatoms. The van der Waals surface area contributed by atoms with Gasteiger partial charge in [0.05, 0.1) is 11.0 Å². The molecule has 21 heavy (non-hydrogen) atoms. The lowest BCUT2D eigenvalue weighted by atomic mass is 10.1. The molecule has 1 fully saturated rings. The standard InChI is InChI=1S/C14H20N2O4S/c1-10(14-4-3-9-20-14)16-21(18,19)13-7-5-12(6-8-13)15-11(2)17/h5-8,10,14,16H,3-4,9H2,1-2H3,(H,15,17)/t10-,14-/m0/s1. The highest BCUT2D eigenvalue weighted by Gasteiger charge is 2.26. The van der Waals surface area contributed by atoms with E-state index in [1.165, 1.54) is 19.1 Å². The topological polar surface area (TPSA) is 84.5 Å². The highest BCUT2D eigenvalue weighted by Crippen LogP contribution is 2.19. The minimum Gasteiger partial charge on any atom is -0.377 e. The Balaban J connectivity index is 2.06. The number of nitrogens with one attached hydrogen (secondary N) is 2. The first-order chi connectivity index (χ1) is 9.88. The molecule has 1 aromatic rings. The van der Waals surface area contributed by atoms with Crippen LogP contribution < -0.4 is 10.0 Å². The predicted octanol–water partition coefficient (Wildman–Crippen LogP) is 1.49. The first-order valence-corrected chi connectivity index (χ1v) is 8.38. The van der Waals surface area contributed by atoms with Crippen LogP contribution in [0.3, 0.4) is 0 Å². The summed E-state index contributed by atoms with van der Waals surface area (Å²) in [4.78, 5) is 11.1. The average molecular weight is 312 g/mol. The largest absolute Gasteiger partial charge is 0.377 e. The van der Waals surface area contributed by atoms with Crippen molar-refractivity contribution in [2.24, 2.45) is 0 Å². The van der Waals surface area contributed by atoms with E-state index in [-0.39, 0.29) is 22.9 Å². The second-order valence-electron chi connectivity index (χ2n) is 5.17. The lowest BCUT2D eigenvalue weighted by molar-refractivity contribution is -0.114. The smallest absolute Gasteiger partial charge is 0.240 e. The maximum absolute atomic E-state index is 12.3. The second kappa shape index (κ2) is 6.55. The maximum Gasteiger partial charge on any atom is 0.240 e. The molecular weight excluding hydrogens is 292 g/mol. The summed E-state index contributed by atoms with van der Waals surface area (Å²) in [7, 11) is -3.58. The van der Waals surface area contributed by atoms with E-state index in [0.717, 1.165) is 12.8 Å². The van der Waals surface area contributed by atoms with Crippen LogP contribution in [-0.2, 0) is 19.6 Å². The van der Waals surface area contributed by atoms with E-state index in [1.54, 1.807) is 19.1 Å². The number of hydrogen-bond donors (Lipinski definition) is 2. The van der Waals surface area contributed by atoms with Gasteiger partial charge in [0, 0.05) is 25.3 Å². The van der Waals surface area contributed by atoms with Gasteiger partial charge in [0.15, 0.2) is 0 Å².